The highest BCUT2D eigenvalue weighted by molar-refractivity contribution is 6.30. The molecular formula is C15H12ClNO3. The van der Waals surface area contributed by atoms with Crippen LogP contribution in [-0.4, -0.2) is 16.1 Å². The minimum atomic E-state index is -1.01. The van der Waals surface area contributed by atoms with Gasteiger partial charge in [0.25, 0.3) is 0 Å². The predicted molar refractivity (Wildman–Crippen MR) is 77.2 cm³/mol. The summed E-state index contributed by atoms with van der Waals surface area (Å²) in [5.74, 6) is 0.198. The number of carboxylic acid groups (broad SMARTS) is 1. The van der Waals surface area contributed by atoms with E-state index in [0.717, 1.165) is 11.6 Å². The van der Waals surface area contributed by atoms with Gasteiger partial charge >= 0.3 is 5.97 Å². The maximum absolute atomic E-state index is 10.5. The van der Waals surface area contributed by atoms with Crippen LogP contribution in [0.1, 0.15) is 11.1 Å². The second kappa shape index (κ2) is 6.21. The average Bonchev–Trinajstić information content (AvgIpc) is 2.40. The zero-order chi connectivity index (χ0) is 14.5. The normalized spacial score (nSPS) is 10.7. The third-order valence-electron chi connectivity index (χ3n) is 2.52. The lowest BCUT2D eigenvalue weighted by Crippen LogP contribution is -1.90. The van der Waals surface area contributed by atoms with Gasteiger partial charge in [-0.2, -0.15) is 0 Å². The van der Waals surface area contributed by atoms with Crippen molar-refractivity contribution in [2.45, 2.75) is 6.92 Å². The van der Waals surface area contributed by atoms with Gasteiger partial charge in [-0.1, -0.05) is 11.6 Å². The summed E-state index contributed by atoms with van der Waals surface area (Å²) in [6.45, 7) is 1.89. The van der Waals surface area contributed by atoms with E-state index in [-0.39, 0.29) is 0 Å². The van der Waals surface area contributed by atoms with Crippen LogP contribution in [0.3, 0.4) is 0 Å². The summed E-state index contributed by atoms with van der Waals surface area (Å²) in [5.41, 5.74) is 1.56. The lowest BCUT2D eigenvalue weighted by Gasteiger charge is -2.08. The molecule has 0 aliphatic carbocycles. The van der Waals surface area contributed by atoms with Gasteiger partial charge in [0.15, 0.2) is 0 Å². The highest BCUT2D eigenvalue weighted by Crippen LogP contribution is 2.27. The Bertz CT molecular complexity index is 668. The van der Waals surface area contributed by atoms with Crippen molar-refractivity contribution in [1.82, 2.24) is 4.98 Å². The molecule has 0 aliphatic rings. The van der Waals surface area contributed by atoms with Crippen LogP contribution >= 0.6 is 11.6 Å². The summed E-state index contributed by atoms with van der Waals surface area (Å²) < 4.78 is 5.71. The number of nitrogens with zero attached hydrogens (tertiary/aromatic N) is 1. The molecule has 1 aromatic carbocycles. The molecule has 2 rings (SSSR count). The predicted octanol–water partition coefficient (Wildman–Crippen LogP) is 3.93. The van der Waals surface area contributed by atoms with Gasteiger partial charge in [-0.25, -0.2) is 4.79 Å². The molecule has 5 heteroatoms. The van der Waals surface area contributed by atoms with E-state index in [1.807, 2.05) is 6.92 Å². The molecular weight excluding hydrogens is 278 g/mol. The molecule has 1 aromatic heterocycles. The first-order chi connectivity index (χ1) is 9.54. The van der Waals surface area contributed by atoms with Crippen molar-refractivity contribution >= 4 is 23.6 Å². The smallest absolute Gasteiger partial charge is 0.328 e. The number of pyridine rings is 1. The Morgan fingerprint density at radius 1 is 1.35 bits per heavy atom. The molecule has 0 saturated heterocycles. The molecule has 0 atom stereocenters. The van der Waals surface area contributed by atoms with Crippen molar-refractivity contribution in [1.29, 1.82) is 0 Å². The molecule has 102 valence electrons. The van der Waals surface area contributed by atoms with Gasteiger partial charge in [0.1, 0.15) is 11.5 Å². The fourth-order valence-electron chi connectivity index (χ4n) is 1.60. The summed E-state index contributed by atoms with van der Waals surface area (Å²) in [6, 6.07) is 7.03. The maximum Gasteiger partial charge on any atom is 0.328 e. The van der Waals surface area contributed by atoms with E-state index in [0.29, 0.717) is 22.1 Å². The summed E-state index contributed by atoms with van der Waals surface area (Å²) in [5, 5.41) is 9.24. The molecule has 2 aromatic rings. The molecule has 0 aliphatic heterocycles. The van der Waals surface area contributed by atoms with Gasteiger partial charge in [-0.05, 0) is 48.4 Å². The minimum absolute atomic E-state index is 0.531. The first-order valence-electron chi connectivity index (χ1n) is 5.84. The van der Waals surface area contributed by atoms with Gasteiger partial charge in [-0.3, -0.25) is 4.98 Å². The number of hydrogen-bond acceptors (Lipinski definition) is 3. The van der Waals surface area contributed by atoms with Crippen LogP contribution in [0.2, 0.25) is 5.02 Å². The minimum Gasteiger partial charge on any atom is -0.478 e. The number of aryl methyl sites for hydroxylation is 1. The summed E-state index contributed by atoms with van der Waals surface area (Å²) in [7, 11) is 0. The second-order valence-corrected chi connectivity index (χ2v) is 4.57. The fraction of sp³-hybridized carbons (Fsp3) is 0.0667. The highest BCUT2D eigenvalue weighted by Gasteiger charge is 2.03. The third-order valence-corrected chi connectivity index (χ3v) is 2.75. The molecule has 0 spiro atoms. The molecule has 0 saturated carbocycles. The van der Waals surface area contributed by atoms with E-state index in [1.165, 1.54) is 6.08 Å². The van der Waals surface area contributed by atoms with E-state index < -0.39 is 5.97 Å². The zero-order valence-electron chi connectivity index (χ0n) is 10.7. The van der Waals surface area contributed by atoms with Gasteiger partial charge in [0.05, 0.1) is 6.20 Å². The van der Waals surface area contributed by atoms with Crippen molar-refractivity contribution in [3.63, 3.8) is 0 Å². The summed E-state index contributed by atoms with van der Waals surface area (Å²) >= 11 is 5.88. The lowest BCUT2D eigenvalue weighted by molar-refractivity contribution is -0.131. The van der Waals surface area contributed by atoms with Gasteiger partial charge in [0, 0.05) is 17.3 Å². The standard InChI is InChI=1S/C15H12ClNO3/c1-10-6-12(16)3-4-14(10)20-13-7-11(8-17-9-13)2-5-15(18)19/h2-9H,1H3,(H,18,19)/b5-2+. The Kier molecular flexibility index (Phi) is 4.38. The molecule has 0 unspecified atom stereocenters. The molecule has 0 bridgehead atoms. The molecule has 0 radical (unpaired) electrons. The van der Waals surface area contributed by atoms with Crippen LogP contribution in [0.5, 0.6) is 11.5 Å². The molecule has 4 nitrogen and oxygen atoms in total. The molecule has 1 N–H and O–H groups in total. The number of hydrogen-bond donors (Lipinski definition) is 1. The highest BCUT2D eigenvalue weighted by atomic mass is 35.5. The Morgan fingerprint density at radius 3 is 2.85 bits per heavy atom. The number of benzene rings is 1. The lowest BCUT2D eigenvalue weighted by atomic mass is 10.2. The van der Waals surface area contributed by atoms with Gasteiger partial charge in [0.2, 0.25) is 0 Å². The zero-order valence-corrected chi connectivity index (χ0v) is 11.5. The largest absolute Gasteiger partial charge is 0.478 e. The topological polar surface area (TPSA) is 59.4 Å². The van der Waals surface area contributed by atoms with Crippen molar-refractivity contribution in [3.05, 3.63) is 58.9 Å². The van der Waals surface area contributed by atoms with Crippen molar-refractivity contribution in [2.75, 3.05) is 0 Å². The quantitative estimate of drug-likeness (QED) is 0.866. The van der Waals surface area contributed by atoms with Crippen molar-refractivity contribution < 1.29 is 14.6 Å². The first kappa shape index (κ1) is 14.1. The fourth-order valence-corrected chi connectivity index (χ4v) is 1.83. The second-order valence-electron chi connectivity index (χ2n) is 4.14. The number of halogens is 1. The number of ether oxygens (including phenoxy) is 1. The van der Waals surface area contributed by atoms with Gasteiger partial charge < -0.3 is 9.84 Å². The van der Waals surface area contributed by atoms with Crippen LogP contribution in [0.15, 0.2) is 42.7 Å². The summed E-state index contributed by atoms with van der Waals surface area (Å²) in [4.78, 5) is 14.5. The maximum atomic E-state index is 10.5. The number of carbonyl (C=O) groups is 1. The van der Waals surface area contributed by atoms with E-state index >= 15 is 0 Å². The Balaban J connectivity index is 2.21. The van der Waals surface area contributed by atoms with Crippen LogP contribution < -0.4 is 4.74 Å². The molecule has 0 fully saturated rings. The first-order valence-corrected chi connectivity index (χ1v) is 6.22. The molecule has 0 amide bonds. The summed E-state index contributed by atoms with van der Waals surface area (Å²) in [6.07, 6.45) is 5.62. The molecule has 20 heavy (non-hydrogen) atoms. The number of aromatic nitrogens is 1. The monoisotopic (exact) mass is 289 g/mol. The van der Waals surface area contributed by atoms with Crippen LogP contribution in [0, 0.1) is 6.92 Å². The van der Waals surface area contributed by atoms with Crippen LogP contribution in [0.4, 0.5) is 0 Å². The van der Waals surface area contributed by atoms with Crippen LogP contribution in [-0.2, 0) is 4.79 Å². The van der Waals surface area contributed by atoms with E-state index in [2.05, 4.69) is 4.98 Å². The van der Waals surface area contributed by atoms with Crippen molar-refractivity contribution in [3.8, 4) is 11.5 Å². The van der Waals surface area contributed by atoms with Crippen LogP contribution in [0.25, 0.3) is 6.08 Å². The Morgan fingerprint density at radius 2 is 2.15 bits per heavy atom. The van der Waals surface area contributed by atoms with E-state index in [9.17, 15) is 4.79 Å². The molecule has 1 heterocycles. The third kappa shape index (κ3) is 3.83. The van der Waals surface area contributed by atoms with Gasteiger partial charge in [-0.15, -0.1) is 0 Å². The number of rotatable bonds is 4. The van der Waals surface area contributed by atoms with E-state index in [4.69, 9.17) is 21.4 Å². The Labute approximate surface area is 121 Å². The SMILES string of the molecule is Cc1cc(Cl)ccc1Oc1cncc(/C=C/C(=O)O)c1. The average molecular weight is 290 g/mol. The van der Waals surface area contributed by atoms with E-state index in [1.54, 1.807) is 36.7 Å². The van der Waals surface area contributed by atoms with Crippen molar-refractivity contribution in [2.24, 2.45) is 0 Å². The number of aliphatic carboxylic acids is 1. The Hall–Kier alpha value is -2.33. The number of carboxylic acids is 1.